The third-order valence-corrected chi connectivity index (χ3v) is 5.81. The van der Waals surface area contributed by atoms with Crippen molar-refractivity contribution >= 4 is 17.5 Å². The number of carbonyl (C=O) groups is 1. The molecule has 1 N–H and O–H groups in total. The van der Waals surface area contributed by atoms with Crippen LogP contribution in [0.15, 0.2) is 36.4 Å². The Morgan fingerprint density at radius 1 is 1.10 bits per heavy atom. The van der Waals surface area contributed by atoms with Crippen molar-refractivity contribution in [2.45, 2.75) is 19.3 Å². The number of para-hydroxylation sites is 1. The number of methoxy groups -OCH3 is 1. The van der Waals surface area contributed by atoms with Crippen LogP contribution < -0.4 is 15.0 Å². The molecule has 0 saturated carbocycles. The van der Waals surface area contributed by atoms with Gasteiger partial charge < -0.3 is 19.7 Å². The van der Waals surface area contributed by atoms with Gasteiger partial charge in [0.05, 0.1) is 26.0 Å². The molecule has 2 aliphatic rings. The summed E-state index contributed by atoms with van der Waals surface area (Å²) in [5.74, 6) is 2.55. The van der Waals surface area contributed by atoms with Gasteiger partial charge in [0.25, 0.3) is 0 Å². The van der Waals surface area contributed by atoms with E-state index in [4.69, 9.17) is 14.6 Å². The van der Waals surface area contributed by atoms with Crippen molar-refractivity contribution in [3.63, 3.8) is 0 Å². The molecular weight excluding hydrogens is 396 g/mol. The highest BCUT2D eigenvalue weighted by molar-refractivity contribution is 5.95. The standard InChI is InChI=1S/C22H24N6O3/c1-14-21-16(15-5-3-4-6-17(15)30-2)13-20(29)23-22(21)28(26-14)19-8-7-18(24-25-19)27-9-11-31-12-10-27/h3-8,16H,9-13H2,1-2H3,(H,23,29)/t16-/m0/s1. The van der Waals surface area contributed by atoms with Crippen LogP contribution in [0.5, 0.6) is 5.75 Å². The molecule has 0 unspecified atom stereocenters. The second-order valence-corrected chi connectivity index (χ2v) is 7.66. The van der Waals surface area contributed by atoms with Crippen molar-refractivity contribution in [3.8, 4) is 11.6 Å². The number of anilines is 2. The van der Waals surface area contributed by atoms with Gasteiger partial charge in [-0.1, -0.05) is 18.2 Å². The van der Waals surface area contributed by atoms with Crippen molar-refractivity contribution in [2.24, 2.45) is 0 Å². The molecule has 5 rings (SSSR count). The molecule has 0 radical (unpaired) electrons. The smallest absolute Gasteiger partial charge is 0.226 e. The van der Waals surface area contributed by atoms with Gasteiger partial charge in [0.15, 0.2) is 11.6 Å². The quantitative estimate of drug-likeness (QED) is 0.692. The third kappa shape index (κ3) is 3.50. The summed E-state index contributed by atoms with van der Waals surface area (Å²) in [6, 6.07) is 11.6. The average molecular weight is 420 g/mol. The number of benzene rings is 1. The topological polar surface area (TPSA) is 94.4 Å². The van der Waals surface area contributed by atoms with Gasteiger partial charge in [-0.15, -0.1) is 10.2 Å². The minimum atomic E-state index is -0.144. The van der Waals surface area contributed by atoms with E-state index >= 15 is 0 Å². The van der Waals surface area contributed by atoms with E-state index in [9.17, 15) is 4.79 Å². The highest BCUT2D eigenvalue weighted by Gasteiger charge is 2.34. The van der Waals surface area contributed by atoms with Crippen molar-refractivity contribution in [2.75, 3.05) is 43.6 Å². The van der Waals surface area contributed by atoms with Gasteiger partial charge in [-0.2, -0.15) is 9.78 Å². The van der Waals surface area contributed by atoms with Crippen LogP contribution in [0, 0.1) is 6.92 Å². The predicted molar refractivity (Wildman–Crippen MR) is 115 cm³/mol. The highest BCUT2D eigenvalue weighted by atomic mass is 16.5. The number of ether oxygens (including phenoxy) is 2. The zero-order valence-corrected chi connectivity index (χ0v) is 17.5. The second kappa shape index (κ2) is 7.99. The maximum atomic E-state index is 12.6. The van der Waals surface area contributed by atoms with Crippen LogP contribution in [0.2, 0.25) is 0 Å². The van der Waals surface area contributed by atoms with E-state index in [1.165, 1.54) is 0 Å². The number of amides is 1. The molecule has 1 atom stereocenters. The van der Waals surface area contributed by atoms with Gasteiger partial charge in [0.2, 0.25) is 5.91 Å². The Kier molecular flexibility index (Phi) is 5.03. The van der Waals surface area contributed by atoms with Crippen LogP contribution in [0.1, 0.15) is 29.2 Å². The molecule has 0 spiro atoms. The Morgan fingerprint density at radius 3 is 2.58 bits per heavy atom. The Balaban J connectivity index is 1.53. The lowest BCUT2D eigenvalue weighted by Gasteiger charge is -2.27. The van der Waals surface area contributed by atoms with E-state index < -0.39 is 0 Å². The Hall–Kier alpha value is -3.46. The number of aromatic nitrogens is 4. The molecule has 2 aromatic heterocycles. The lowest BCUT2D eigenvalue weighted by atomic mass is 9.85. The predicted octanol–water partition coefficient (Wildman–Crippen LogP) is 2.29. The zero-order valence-electron chi connectivity index (χ0n) is 17.5. The van der Waals surface area contributed by atoms with Crippen LogP contribution in [-0.4, -0.2) is 59.3 Å². The van der Waals surface area contributed by atoms with Crippen LogP contribution in [0.4, 0.5) is 11.6 Å². The lowest BCUT2D eigenvalue weighted by molar-refractivity contribution is -0.116. The third-order valence-electron chi connectivity index (χ3n) is 5.81. The Bertz CT molecular complexity index is 1100. The fourth-order valence-corrected chi connectivity index (χ4v) is 4.33. The molecule has 2 aliphatic heterocycles. The molecule has 160 valence electrons. The van der Waals surface area contributed by atoms with Gasteiger partial charge in [-0.25, -0.2) is 0 Å². The van der Waals surface area contributed by atoms with Crippen LogP contribution in [-0.2, 0) is 9.53 Å². The fourth-order valence-electron chi connectivity index (χ4n) is 4.33. The lowest BCUT2D eigenvalue weighted by Crippen LogP contribution is -2.36. The number of aryl methyl sites for hydroxylation is 1. The number of rotatable bonds is 4. The minimum Gasteiger partial charge on any atom is -0.496 e. The molecule has 1 saturated heterocycles. The molecule has 4 heterocycles. The summed E-state index contributed by atoms with van der Waals surface area (Å²) in [4.78, 5) is 14.8. The summed E-state index contributed by atoms with van der Waals surface area (Å²) in [6.07, 6.45) is 0.335. The van der Waals surface area contributed by atoms with E-state index in [-0.39, 0.29) is 11.8 Å². The minimum absolute atomic E-state index is 0.0672. The SMILES string of the molecule is COc1ccccc1[C@@H]1CC(=O)Nc2c1c(C)nn2-c1ccc(N2CCOCC2)nn1. The van der Waals surface area contributed by atoms with Gasteiger partial charge >= 0.3 is 0 Å². The van der Waals surface area contributed by atoms with E-state index in [2.05, 4.69) is 20.4 Å². The monoisotopic (exact) mass is 420 g/mol. The number of hydrogen-bond acceptors (Lipinski definition) is 7. The summed E-state index contributed by atoms with van der Waals surface area (Å²) in [5.41, 5.74) is 2.78. The van der Waals surface area contributed by atoms with Gasteiger partial charge in [-0.3, -0.25) is 4.79 Å². The molecule has 9 nitrogen and oxygen atoms in total. The highest BCUT2D eigenvalue weighted by Crippen LogP contribution is 2.42. The van der Waals surface area contributed by atoms with Crippen LogP contribution in [0.3, 0.4) is 0 Å². The first-order valence-electron chi connectivity index (χ1n) is 10.3. The zero-order chi connectivity index (χ0) is 21.4. The first-order valence-corrected chi connectivity index (χ1v) is 10.3. The summed E-state index contributed by atoms with van der Waals surface area (Å²) >= 11 is 0. The van der Waals surface area contributed by atoms with Gasteiger partial charge in [-0.05, 0) is 25.1 Å². The number of morpholine rings is 1. The average Bonchev–Trinajstić information content (AvgIpc) is 3.15. The van der Waals surface area contributed by atoms with E-state index in [1.807, 2.05) is 43.3 Å². The summed E-state index contributed by atoms with van der Waals surface area (Å²) in [6.45, 7) is 4.91. The van der Waals surface area contributed by atoms with Gasteiger partial charge in [0, 0.05) is 36.6 Å². The first kappa shape index (κ1) is 19.5. The maximum absolute atomic E-state index is 12.6. The fraction of sp³-hybridized carbons (Fsp3) is 0.364. The molecular formula is C22H24N6O3. The first-order chi connectivity index (χ1) is 15.2. The van der Waals surface area contributed by atoms with Crippen molar-refractivity contribution in [3.05, 3.63) is 53.2 Å². The number of nitrogens with zero attached hydrogens (tertiary/aromatic N) is 5. The molecule has 3 aromatic rings. The molecule has 9 heteroatoms. The van der Waals surface area contributed by atoms with Crippen molar-refractivity contribution < 1.29 is 14.3 Å². The van der Waals surface area contributed by atoms with Crippen molar-refractivity contribution in [1.82, 2.24) is 20.0 Å². The molecule has 1 aromatic carbocycles. The molecule has 31 heavy (non-hydrogen) atoms. The Labute approximate surface area is 180 Å². The molecule has 1 amide bonds. The molecule has 0 aliphatic carbocycles. The van der Waals surface area contributed by atoms with E-state index in [0.29, 0.717) is 31.3 Å². The van der Waals surface area contributed by atoms with Crippen LogP contribution in [0.25, 0.3) is 5.82 Å². The summed E-state index contributed by atoms with van der Waals surface area (Å²) in [5, 5.41) is 16.5. The number of nitrogens with one attached hydrogen (secondary N) is 1. The van der Waals surface area contributed by atoms with Crippen LogP contribution >= 0.6 is 0 Å². The normalized spacial score (nSPS) is 18.5. The van der Waals surface area contributed by atoms with E-state index in [1.54, 1.807) is 11.8 Å². The summed E-state index contributed by atoms with van der Waals surface area (Å²) in [7, 11) is 1.64. The number of hydrogen-bond donors (Lipinski definition) is 1. The molecule has 0 bridgehead atoms. The number of fused-ring (bicyclic) bond motifs is 1. The second-order valence-electron chi connectivity index (χ2n) is 7.66. The number of carbonyl (C=O) groups excluding carboxylic acids is 1. The maximum Gasteiger partial charge on any atom is 0.226 e. The van der Waals surface area contributed by atoms with Gasteiger partial charge in [0.1, 0.15) is 11.6 Å². The molecule has 1 fully saturated rings. The summed E-state index contributed by atoms with van der Waals surface area (Å²) < 4.78 is 12.6. The van der Waals surface area contributed by atoms with E-state index in [0.717, 1.165) is 41.5 Å². The Morgan fingerprint density at radius 2 is 1.84 bits per heavy atom. The largest absolute Gasteiger partial charge is 0.496 e. The van der Waals surface area contributed by atoms with Crippen molar-refractivity contribution in [1.29, 1.82) is 0 Å².